The lowest BCUT2D eigenvalue weighted by molar-refractivity contribution is 0.589. The predicted molar refractivity (Wildman–Crippen MR) is 51.8 cm³/mol. The van der Waals surface area contributed by atoms with Crippen LogP contribution in [0.2, 0.25) is 0 Å². The average Bonchev–Trinajstić information content (AvgIpc) is 2.03. The van der Waals surface area contributed by atoms with E-state index in [4.69, 9.17) is 11.5 Å². The second-order valence-electron chi connectivity index (χ2n) is 3.30. The molecule has 0 saturated heterocycles. The Morgan fingerprint density at radius 1 is 1.25 bits per heavy atom. The SMILES string of the molecule is Cc1cccc(C(N)C(C)N)c1. The molecule has 12 heavy (non-hydrogen) atoms. The molecule has 2 unspecified atom stereocenters. The van der Waals surface area contributed by atoms with Crippen molar-refractivity contribution in [1.29, 1.82) is 0 Å². The Hall–Kier alpha value is -0.860. The van der Waals surface area contributed by atoms with Crippen LogP contribution in [0.5, 0.6) is 0 Å². The van der Waals surface area contributed by atoms with Gasteiger partial charge < -0.3 is 11.5 Å². The Kier molecular flexibility index (Phi) is 2.84. The topological polar surface area (TPSA) is 52.0 Å². The molecular weight excluding hydrogens is 148 g/mol. The Labute approximate surface area is 73.6 Å². The summed E-state index contributed by atoms with van der Waals surface area (Å²) >= 11 is 0. The number of rotatable bonds is 2. The normalized spacial score (nSPS) is 15.7. The second-order valence-corrected chi connectivity index (χ2v) is 3.30. The zero-order valence-electron chi connectivity index (χ0n) is 7.62. The van der Waals surface area contributed by atoms with Gasteiger partial charge in [-0.1, -0.05) is 29.8 Å². The first-order valence-corrected chi connectivity index (χ1v) is 4.19. The molecule has 0 heterocycles. The van der Waals surface area contributed by atoms with Crippen molar-refractivity contribution in [2.75, 3.05) is 0 Å². The van der Waals surface area contributed by atoms with E-state index in [1.165, 1.54) is 5.56 Å². The summed E-state index contributed by atoms with van der Waals surface area (Å²) in [5.74, 6) is 0. The third-order valence-corrected chi connectivity index (χ3v) is 1.99. The fourth-order valence-corrected chi connectivity index (χ4v) is 1.18. The molecule has 0 spiro atoms. The lowest BCUT2D eigenvalue weighted by Gasteiger charge is -2.16. The summed E-state index contributed by atoms with van der Waals surface area (Å²) in [4.78, 5) is 0. The van der Waals surface area contributed by atoms with Gasteiger partial charge in [-0.25, -0.2) is 0 Å². The summed E-state index contributed by atoms with van der Waals surface area (Å²) in [5.41, 5.74) is 13.9. The molecule has 0 aromatic heterocycles. The molecule has 2 heteroatoms. The van der Waals surface area contributed by atoms with Crippen molar-refractivity contribution in [3.63, 3.8) is 0 Å². The first-order valence-electron chi connectivity index (χ1n) is 4.19. The summed E-state index contributed by atoms with van der Waals surface area (Å²) in [6, 6.07) is 8.11. The van der Waals surface area contributed by atoms with Gasteiger partial charge in [0, 0.05) is 12.1 Å². The highest BCUT2D eigenvalue weighted by Gasteiger charge is 2.09. The van der Waals surface area contributed by atoms with Crippen molar-refractivity contribution in [1.82, 2.24) is 0 Å². The lowest BCUT2D eigenvalue weighted by Crippen LogP contribution is -2.31. The number of hydrogen-bond acceptors (Lipinski definition) is 2. The molecule has 2 atom stereocenters. The number of hydrogen-bond donors (Lipinski definition) is 2. The van der Waals surface area contributed by atoms with Crippen LogP contribution in [0.4, 0.5) is 0 Å². The first kappa shape index (κ1) is 9.23. The molecule has 66 valence electrons. The molecule has 2 nitrogen and oxygen atoms in total. The highest BCUT2D eigenvalue weighted by atomic mass is 14.8. The number of nitrogens with two attached hydrogens (primary N) is 2. The molecule has 0 aliphatic carbocycles. The fourth-order valence-electron chi connectivity index (χ4n) is 1.18. The number of benzene rings is 1. The lowest BCUT2D eigenvalue weighted by atomic mass is 10.0. The van der Waals surface area contributed by atoms with Crippen LogP contribution >= 0.6 is 0 Å². The van der Waals surface area contributed by atoms with Crippen LogP contribution in [0.1, 0.15) is 24.1 Å². The third kappa shape index (κ3) is 2.06. The maximum Gasteiger partial charge on any atom is 0.0446 e. The van der Waals surface area contributed by atoms with Crippen LogP contribution < -0.4 is 11.5 Å². The van der Waals surface area contributed by atoms with Crippen LogP contribution in [0.25, 0.3) is 0 Å². The van der Waals surface area contributed by atoms with Crippen LogP contribution in [0.3, 0.4) is 0 Å². The highest BCUT2D eigenvalue weighted by molar-refractivity contribution is 5.25. The molecule has 4 N–H and O–H groups in total. The van der Waals surface area contributed by atoms with Crippen molar-refractivity contribution in [2.24, 2.45) is 11.5 Å². The van der Waals surface area contributed by atoms with Crippen LogP contribution in [-0.2, 0) is 0 Å². The highest BCUT2D eigenvalue weighted by Crippen LogP contribution is 2.13. The van der Waals surface area contributed by atoms with Gasteiger partial charge in [0.25, 0.3) is 0 Å². The predicted octanol–water partition coefficient (Wildman–Crippen LogP) is 1.34. The molecule has 1 aromatic carbocycles. The molecule has 1 rings (SSSR count). The Morgan fingerprint density at radius 3 is 2.42 bits per heavy atom. The van der Waals surface area contributed by atoms with E-state index in [-0.39, 0.29) is 12.1 Å². The van der Waals surface area contributed by atoms with E-state index in [0.717, 1.165) is 5.56 Å². The van der Waals surface area contributed by atoms with Crippen molar-refractivity contribution in [2.45, 2.75) is 25.9 Å². The van der Waals surface area contributed by atoms with Gasteiger partial charge >= 0.3 is 0 Å². The molecule has 0 aliphatic rings. The van der Waals surface area contributed by atoms with E-state index >= 15 is 0 Å². The minimum absolute atomic E-state index is 0.00630. The summed E-state index contributed by atoms with van der Waals surface area (Å²) in [6.07, 6.45) is 0. The molecule has 0 saturated carbocycles. The van der Waals surface area contributed by atoms with Crippen molar-refractivity contribution >= 4 is 0 Å². The molecule has 0 aliphatic heterocycles. The van der Waals surface area contributed by atoms with Crippen molar-refractivity contribution in [3.8, 4) is 0 Å². The van der Waals surface area contributed by atoms with E-state index in [1.807, 2.05) is 19.1 Å². The van der Waals surface area contributed by atoms with Crippen molar-refractivity contribution in [3.05, 3.63) is 35.4 Å². The summed E-state index contributed by atoms with van der Waals surface area (Å²) in [6.45, 7) is 3.98. The van der Waals surface area contributed by atoms with E-state index in [1.54, 1.807) is 0 Å². The zero-order valence-corrected chi connectivity index (χ0v) is 7.62. The van der Waals surface area contributed by atoms with Gasteiger partial charge in [0.05, 0.1) is 0 Å². The second kappa shape index (κ2) is 3.70. The molecule has 0 fully saturated rings. The molecule has 0 radical (unpaired) electrons. The minimum Gasteiger partial charge on any atom is -0.326 e. The minimum atomic E-state index is -0.0510. The van der Waals surface area contributed by atoms with Crippen molar-refractivity contribution < 1.29 is 0 Å². The van der Waals surface area contributed by atoms with Gasteiger partial charge in [0.2, 0.25) is 0 Å². The monoisotopic (exact) mass is 164 g/mol. The van der Waals surface area contributed by atoms with Gasteiger partial charge in [-0.3, -0.25) is 0 Å². The van der Waals surface area contributed by atoms with Gasteiger partial charge in [-0.15, -0.1) is 0 Å². The Morgan fingerprint density at radius 2 is 1.92 bits per heavy atom. The standard InChI is InChI=1S/C10H16N2/c1-7-4-3-5-9(6-7)10(12)8(2)11/h3-6,8,10H,11-12H2,1-2H3. The molecule has 0 bridgehead atoms. The molecular formula is C10H16N2. The zero-order chi connectivity index (χ0) is 9.14. The van der Waals surface area contributed by atoms with E-state index in [2.05, 4.69) is 19.1 Å². The van der Waals surface area contributed by atoms with E-state index in [0.29, 0.717) is 0 Å². The van der Waals surface area contributed by atoms with E-state index < -0.39 is 0 Å². The van der Waals surface area contributed by atoms with Crippen LogP contribution in [0, 0.1) is 6.92 Å². The first-order chi connectivity index (χ1) is 5.61. The van der Waals surface area contributed by atoms with Gasteiger partial charge in [-0.05, 0) is 19.4 Å². The fraction of sp³-hybridized carbons (Fsp3) is 0.400. The maximum atomic E-state index is 5.88. The molecule has 1 aromatic rings. The van der Waals surface area contributed by atoms with Gasteiger partial charge in [0.15, 0.2) is 0 Å². The Balaban J connectivity index is 2.88. The summed E-state index contributed by atoms with van der Waals surface area (Å²) in [5, 5.41) is 0. The summed E-state index contributed by atoms with van der Waals surface area (Å²) in [7, 11) is 0. The number of aryl methyl sites for hydroxylation is 1. The maximum absolute atomic E-state index is 5.88. The van der Waals surface area contributed by atoms with Crippen LogP contribution in [-0.4, -0.2) is 6.04 Å². The smallest absolute Gasteiger partial charge is 0.0446 e. The largest absolute Gasteiger partial charge is 0.326 e. The van der Waals surface area contributed by atoms with E-state index in [9.17, 15) is 0 Å². The third-order valence-electron chi connectivity index (χ3n) is 1.99. The Bertz CT molecular complexity index is 256. The van der Waals surface area contributed by atoms with Gasteiger partial charge in [0.1, 0.15) is 0 Å². The van der Waals surface area contributed by atoms with Gasteiger partial charge in [-0.2, -0.15) is 0 Å². The summed E-state index contributed by atoms with van der Waals surface area (Å²) < 4.78 is 0. The average molecular weight is 164 g/mol. The molecule has 0 amide bonds. The van der Waals surface area contributed by atoms with Crippen LogP contribution in [0.15, 0.2) is 24.3 Å². The quantitative estimate of drug-likeness (QED) is 0.693.